The maximum Gasteiger partial charge on any atom is 0.240 e. The minimum atomic E-state index is -3.81. The van der Waals surface area contributed by atoms with Gasteiger partial charge in [-0.15, -0.1) is 0 Å². The van der Waals surface area contributed by atoms with E-state index in [-0.39, 0.29) is 23.1 Å². The highest BCUT2D eigenvalue weighted by Gasteiger charge is 2.20. The third-order valence-corrected chi connectivity index (χ3v) is 4.18. The lowest BCUT2D eigenvalue weighted by atomic mass is 10.2. The molecule has 1 saturated heterocycles. The lowest BCUT2D eigenvalue weighted by Crippen LogP contribution is -2.39. The molecule has 1 fully saturated rings. The van der Waals surface area contributed by atoms with E-state index in [1.807, 2.05) is 0 Å². The predicted octanol–water partition coefficient (Wildman–Crippen LogP) is 0.391. The molecule has 1 N–H and O–H groups in total. The van der Waals surface area contributed by atoms with E-state index in [4.69, 9.17) is 14.7 Å². The van der Waals surface area contributed by atoms with Crippen LogP contribution in [-0.2, 0) is 19.5 Å². The molecule has 1 aromatic carbocycles. The Bertz CT molecular complexity index is 621. The van der Waals surface area contributed by atoms with Gasteiger partial charge in [0.2, 0.25) is 10.0 Å². The van der Waals surface area contributed by atoms with Crippen molar-refractivity contribution in [2.45, 2.75) is 11.0 Å². The highest BCUT2D eigenvalue weighted by Crippen LogP contribution is 2.14. The number of ether oxygens (including phenoxy) is 2. The summed E-state index contributed by atoms with van der Waals surface area (Å²) >= 11 is 0. The van der Waals surface area contributed by atoms with Crippen LogP contribution < -0.4 is 4.72 Å². The van der Waals surface area contributed by atoms with E-state index in [1.54, 1.807) is 6.07 Å². The Morgan fingerprint density at radius 2 is 2.25 bits per heavy atom. The molecule has 1 aliphatic heterocycles. The second kappa shape index (κ2) is 6.28. The summed E-state index contributed by atoms with van der Waals surface area (Å²) in [4.78, 5) is -0.160. The Balaban J connectivity index is 2.08. The van der Waals surface area contributed by atoms with Crippen molar-refractivity contribution in [2.75, 3.05) is 26.4 Å². The van der Waals surface area contributed by atoms with Gasteiger partial charge in [0.1, 0.15) is 11.9 Å². The summed E-state index contributed by atoms with van der Waals surface area (Å²) in [6, 6.07) is 4.66. The van der Waals surface area contributed by atoms with Crippen LogP contribution in [-0.4, -0.2) is 40.9 Å². The van der Waals surface area contributed by atoms with E-state index >= 15 is 0 Å². The molecule has 1 heterocycles. The highest BCUT2D eigenvalue weighted by atomic mass is 32.2. The monoisotopic (exact) mass is 300 g/mol. The van der Waals surface area contributed by atoms with Gasteiger partial charge in [0, 0.05) is 6.54 Å². The molecule has 2 rings (SSSR count). The summed E-state index contributed by atoms with van der Waals surface area (Å²) < 4.78 is 50.0. The molecule has 108 valence electrons. The molecule has 6 nitrogen and oxygen atoms in total. The predicted molar refractivity (Wildman–Crippen MR) is 66.9 cm³/mol. The zero-order chi connectivity index (χ0) is 14.6. The number of hydrogen-bond donors (Lipinski definition) is 1. The summed E-state index contributed by atoms with van der Waals surface area (Å²) in [6.45, 7) is 1.28. The lowest BCUT2D eigenvalue weighted by molar-refractivity contribution is -0.0846. The fourth-order valence-corrected chi connectivity index (χ4v) is 2.79. The average Bonchev–Trinajstić information content (AvgIpc) is 2.46. The second-order valence-corrected chi connectivity index (χ2v) is 5.94. The molecule has 0 aromatic heterocycles. The van der Waals surface area contributed by atoms with E-state index in [2.05, 4.69) is 4.72 Å². The molecule has 20 heavy (non-hydrogen) atoms. The van der Waals surface area contributed by atoms with Crippen LogP contribution in [0.25, 0.3) is 0 Å². The minimum absolute atomic E-state index is 0.0571. The molecular formula is C12H13FN2O4S. The first-order chi connectivity index (χ1) is 9.53. The first-order valence-electron chi connectivity index (χ1n) is 5.91. The molecule has 0 radical (unpaired) electrons. The van der Waals surface area contributed by atoms with E-state index in [0.717, 1.165) is 18.2 Å². The molecule has 1 aliphatic rings. The maximum absolute atomic E-state index is 13.2. The maximum atomic E-state index is 13.2. The standard InChI is InChI=1S/C12H13FN2O4S/c13-12-2-1-11(5-9(12)6-14)20(16,17)15-7-10-8-18-3-4-19-10/h1-2,5,10,15H,3-4,7-8H2. The number of nitriles is 1. The fraction of sp³-hybridized carbons (Fsp3) is 0.417. The number of rotatable bonds is 4. The van der Waals surface area contributed by atoms with Gasteiger partial charge in [-0.1, -0.05) is 0 Å². The third kappa shape index (κ3) is 3.52. The number of hydrogen-bond acceptors (Lipinski definition) is 5. The van der Waals surface area contributed by atoms with Crippen molar-refractivity contribution in [3.63, 3.8) is 0 Å². The first-order valence-corrected chi connectivity index (χ1v) is 7.40. The van der Waals surface area contributed by atoms with Crippen LogP contribution in [0.15, 0.2) is 23.1 Å². The Hall–Kier alpha value is -1.53. The smallest absolute Gasteiger partial charge is 0.240 e. The topological polar surface area (TPSA) is 88.4 Å². The summed E-state index contributed by atoms with van der Waals surface area (Å²) in [5.41, 5.74) is -0.315. The van der Waals surface area contributed by atoms with Crippen LogP contribution in [0.1, 0.15) is 5.56 Å². The highest BCUT2D eigenvalue weighted by molar-refractivity contribution is 7.89. The van der Waals surface area contributed by atoms with Gasteiger partial charge in [-0.2, -0.15) is 5.26 Å². The number of sulfonamides is 1. The second-order valence-electron chi connectivity index (χ2n) is 4.17. The Labute approximate surface area is 116 Å². The van der Waals surface area contributed by atoms with Crippen LogP contribution >= 0.6 is 0 Å². The summed E-state index contributed by atoms with van der Waals surface area (Å²) in [5.74, 6) is -0.754. The van der Waals surface area contributed by atoms with Gasteiger partial charge >= 0.3 is 0 Å². The summed E-state index contributed by atoms with van der Waals surface area (Å²) in [6.07, 6.45) is -0.352. The molecule has 0 aliphatic carbocycles. The van der Waals surface area contributed by atoms with Gasteiger partial charge in [-0.25, -0.2) is 17.5 Å². The van der Waals surface area contributed by atoms with E-state index in [9.17, 15) is 12.8 Å². The molecule has 1 unspecified atom stereocenters. The van der Waals surface area contributed by atoms with Crippen LogP contribution in [0.4, 0.5) is 4.39 Å². The number of nitrogens with zero attached hydrogens (tertiary/aromatic N) is 1. The van der Waals surface area contributed by atoms with Gasteiger partial charge < -0.3 is 9.47 Å². The molecule has 0 saturated carbocycles. The van der Waals surface area contributed by atoms with Crippen LogP contribution in [0, 0.1) is 17.1 Å². The first kappa shape index (κ1) is 14.9. The molecule has 0 spiro atoms. The van der Waals surface area contributed by atoms with Crippen molar-refractivity contribution in [3.05, 3.63) is 29.6 Å². The zero-order valence-electron chi connectivity index (χ0n) is 10.5. The van der Waals surface area contributed by atoms with Crippen molar-refractivity contribution < 1.29 is 22.3 Å². The molecule has 0 amide bonds. The van der Waals surface area contributed by atoms with Crippen molar-refractivity contribution in [2.24, 2.45) is 0 Å². The molecule has 1 aromatic rings. The lowest BCUT2D eigenvalue weighted by Gasteiger charge is -2.23. The van der Waals surface area contributed by atoms with Crippen LogP contribution in [0.3, 0.4) is 0 Å². The number of benzene rings is 1. The quantitative estimate of drug-likeness (QED) is 0.869. The fourth-order valence-electron chi connectivity index (χ4n) is 1.70. The van der Waals surface area contributed by atoms with E-state index in [0.29, 0.717) is 19.8 Å². The molecule has 1 atom stereocenters. The third-order valence-electron chi connectivity index (χ3n) is 2.75. The zero-order valence-corrected chi connectivity index (χ0v) is 11.3. The van der Waals surface area contributed by atoms with E-state index < -0.39 is 15.8 Å². The minimum Gasteiger partial charge on any atom is -0.376 e. The molecule has 8 heteroatoms. The largest absolute Gasteiger partial charge is 0.376 e. The van der Waals surface area contributed by atoms with Crippen LogP contribution in [0.2, 0.25) is 0 Å². The van der Waals surface area contributed by atoms with Crippen molar-refractivity contribution in [1.82, 2.24) is 4.72 Å². The van der Waals surface area contributed by atoms with Gasteiger partial charge in [0.15, 0.2) is 0 Å². The number of halogens is 1. The van der Waals surface area contributed by atoms with Crippen LogP contribution in [0.5, 0.6) is 0 Å². The Morgan fingerprint density at radius 1 is 1.45 bits per heavy atom. The molecular weight excluding hydrogens is 287 g/mol. The average molecular weight is 300 g/mol. The van der Waals surface area contributed by atoms with Crippen molar-refractivity contribution in [1.29, 1.82) is 5.26 Å². The SMILES string of the molecule is N#Cc1cc(S(=O)(=O)NCC2COCCO2)ccc1F. The summed E-state index contributed by atoms with van der Waals surface area (Å²) in [7, 11) is -3.81. The Morgan fingerprint density at radius 3 is 2.90 bits per heavy atom. The molecule has 0 bridgehead atoms. The van der Waals surface area contributed by atoms with Gasteiger partial charge in [-0.05, 0) is 18.2 Å². The Kier molecular flexibility index (Phi) is 4.67. The van der Waals surface area contributed by atoms with E-state index in [1.165, 1.54) is 0 Å². The van der Waals surface area contributed by atoms with Gasteiger partial charge in [0.05, 0.1) is 36.4 Å². The summed E-state index contributed by atoms with van der Waals surface area (Å²) in [5, 5.41) is 8.70. The normalized spacial score (nSPS) is 19.5. The van der Waals surface area contributed by atoms with Crippen molar-refractivity contribution in [3.8, 4) is 6.07 Å². The number of nitrogens with one attached hydrogen (secondary N) is 1. The van der Waals surface area contributed by atoms with Gasteiger partial charge in [-0.3, -0.25) is 0 Å². The van der Waals surface area contributed by atoms with Crippen molar-refractivity contribution >= 4 is 10.0 Å². The van der Waals surface area contributed by atoms with Gasteiger partial charge in [0.25, 0.3) is 0 Å².